The lowest BCUT2D eigenvalue weighted by atomic mass is 9.86. The van der Waals surface area contributed by atoms with Crippen molar-refractivity contribution in [3.63, 3.8) is 0 Å². The Morgan fingerprint density at radius 1 is 1.23 bits per heavy atom. The Morgan fingerprint density at radius 3 is 2.77 bits per heavy atom. The van der Waals surface area contributed by atoms with Crippen molar-refractivity contribution in [2.45, 2.75) is 38.3 Å². The molecule has 0 atom stereocenters. The van der Waals surface area contributed by atoms with Crippen LogP contribution in [0.3, 0.4) is 0 Å². The number of aromatic nitrogens is 1. The van der Waals surface area contributed by atoms with Crippen LogP contribution in [0.15, 0.2) is 36.5 Å². The number of hydrogen-bond acceptors (Lipinski definition) is 6. The summed E-state index contributed by atoms with van der Waals surface area (Å²) in [5.41, 5.74) is 3.88. The van der Waals surface area contributed by atoms with Gasteiger partial charge in [-0.25, -0.2) is 4.98 Å². The molecule has 0 radical (unpaired) electrons. The van der Waals surface area contributed by atoms with Crippen LogP contribution in [0.25, 0.3) is 0 Å². The minimum atomic E-state index is 0.0207. The van der Waals surface area contributed by atoms with Gasteiger partial charge in [-0.1, -0.05) is 6.07 Å². The number of amides is 1. The lowest BCUT2D eigenvalue weighted by Gasteiger charge is -2.32. The highest BCUT2D eigenvalue weighted by Gasteiger charge is 2.33. The van der Waals surface area contributed by atoms with Gasteiger partial charge in [-0.15, -0.1) is 0 Å². The Morgan fingerprint density at radius 2 is 2.03 bits per heavy atom. The van der Waals surface area contributed by atoms with Crippen molar-refractivity contribution in [3.8, 4) is 0 Å². The molecule has 0 spiro atoms. The summed E-state index contributed by atoms with van der Waals surface area (Å²) >= 11 is 0. The maximum Gasteiger partial charge on any atom is 0.230 e. The number of benzene rings is 1. The molecule has 7 heteroatoms. The second-order valence-electron chi connectivity index (χ2n) is 8.39. The average Bonchev–Trinajstić information content (AvgIpc) is 2.98. The summed E-state index contributed by atoms with van der Waals surface area (Å²) in [6, 6.07) is 10.2. The zero-order valence-corrected chi connectivity index (χ0v) is 18.6. The van der Waals surface area contributed by atoms with Crippen molar-refractivity contribution in [2.75, 3.05) is 49.5 Å². The first kappa shape index (κ1) is 21.6. The standard InChI is InChI=1S/C24H32N4O3/c1-27(13-14-30-2)19-8-11-21-22(15-19)28(16-18-5-4-12-25-23(18)26-21)24(29)17-6-9-20(31-3)10-7-17/h4-5,8,11-12,15,17,20H,6-7,9-10,13-14,16H2,1-3H3,(H,25,26)/t17-,20+. The van der Waals surface area contributed by atoms with Gasteiger partial charge in [0.2, 0.25) is 5.91 Å². The van der Waals surface area contributed by atoms with Gasteiger partial charge < -0.3 is 24.6 Å². The van der Waals surface area contributed by atoms with Crippen LogP contribution in [0.2, 0.25) is 0 Å². The summed E-state index contributed by atoms with van der Waals surface area (Å²) in [5.74, 6) is 1.01. The maximum atomic E-state index is 13.7. The topological polar surface area (TPSA) is 66.9 Å². The number of carbonyl (C=O) groups is 1. The molecule has 1 aromatic heterocycles. The third-order valence-electron chi connectivity index (χ3n) is 6.44. The van der Waals surface area contributed by atoms with Gasteiger partial charge in [0.15, 0.2) is 0 Å². The van der Waals surface area contributed by atoms with E-state index in [0.29, 0.717) is 13.2 Å². The number of nitrogens with one attached hydrogen (secondary N) is 1. The van der Waals surface area contributed by atoms with E-state index in [-0.39, 0.29) is 17.9 Å². The summed E-state index contributed by atoms with van der Waals surface area (Å²) in [4.78, 5) is 22.3. The predicted octanol–water partition coefficient (Wildman–Crippen LogP) is 3.96. The summed E-state index contributed by atoms with van der Waals surface area (Å²) in [7, 11) is 5.51. The number of nitrogens with zero attached hydrogens (tertiary/aromatic N) is 3. The fourth-order valence-corrected chi connectivity index (χ4v) is 4.47. The first-order valence-electron chi connectivity index (χ1n) is 11.0. The van der Waals surface area contributed by atoms with E-state index < -0.39 is 0 Å². The molecule has 1 amide bonds. The summed E-state index contributed by atoms with van der Waals surface area (Å²) in [6.45, 7) is 1.93. The van der Waals surface area contributed by atoms with Gasteiger partial charge in [-0.2, -0.15) is 0 Å². The van der Waals surface area contributed by atoms with Crippen molar-refractivity contribution < 1.29 is 14.3 Å². The molecule has 4 rings (SSSR count). The molecule has 1 aliphatic heterocycles. The van der Waals surface area contributed by atoms with Crippen LogP contribution < -0.4 is 15.1 Å². The highest BCUT2D eigenvalue weighted by atomic mass is 16.5. The summed E-state index contributed by atoms with van der Waals surface area (Å²) < 4.78 is 10.7. The molecule has 1 saturated carbocycles. The Hall–Kier alpha value is -2.64. The van der Waals surface area contributed by atoms with Crippen LogP contribution in [0, 0.1) is 5.92 Å². The minimum Gasteiger partial charge on any atom is -0.383 e. The van der Waals surface area contributed by atoms with Gasteiger partial charge >= 0.3 is 0 Å². The second-order valence-corrected chi connectivity index (χ2v) is 8.39. The average molecular weight is 425 g/mol. The summed E-state index contributed by atoms with van der Waals surface area (Å²) in [5, 5.41) is 3.45. The molecule has 166 valence electrons. The molecule has 1 aliphatic carbocycles. The van der Waals surface area contributed by atoms with Crippen LogP contribution in [0.4, 0.5) is 22.9 Å². The maximum absolute atomic E-state index is 13.7. The van der Waals surface area contributed by atoms with Gasteiger partial charge in [-0.3, -0.25) is 4.79 Å². The second kappa shape index (κ2) is 9.66. The SMILES string of the molecule is COCCN(C)c1ccc2c(c1)N(C(=O)[C@H]1CC[C@@H](OC)CC1)Cc1cccnc1N2. The van der Waals surface area contributed by atoms with Crippen LogP contribution in [0.1, 0.15) is 31.2 Å². The molecule has 7 nitrogen and oxygen atoms in total. The van der Waals surface area contributed by atoms with Gasteiger partial charge in [0.25, 0.3) is 0 Å². The van der Waals surface area contributed by atoms with E-state index in [1.165, 1.54) is 0 Å². The third kappa shape index (κ3) is 4.67. The quantitative estimate of drug-likeness (QED) is 0.757. The molecule has 0 bridgehead atoms. The number of anilines is 4. The molecule has 31 heavy (non-hydrogen) atoms. The predicted molar refractivity (Wildman–Crippen MR) is 123 cm³/mol. The lowest BCUT2D eigenvalue weighted by molar-refractivity contribution is -0.124. The Balaban J connectivity index is 1.67. The normalized spacial score (nSPS) is 20.3. The summed E-state index contributed by atoms with van der Waals surface area (Å²) in [6.07, 6.45) is 5.65. The molecule has 1 N–H and O–H groups in total. The van der Waals surface area contributed by atoms with Crippen LogP contribution in [-0.2, 0) is 20.8 Å². The van der Waals surface area contributed by atoms with Gasteiger partial charge in [-0.05, 0) is 49.9 Å². The van der Waals surface area contributed by atoms with Gasteiger partial charge in [0.1, 0.15) is 5.82 Å². The van der Waals surface area contributed by atoms with Crippen LogP contribution in [-0.4, -0.2) is 51.4 Å². The molecule has 1 aromatic carbocycles. The Bertz CT molecular complexity index is 911. The van der Waals surface area contributed by atoms with E-state index in [2.05, 4.69) is 27.3 Å². The molecule has 1 fully saturated rings. The van der Waals surface area contributed by atoms with Crippen molar-refractivity contribution in [1.82, 2.24) is 4.98 Å². The van der Waals surface area contributed by atoms with Crippen molar-refractivity contribution >= 4 is 28.8 Å². The zero-order valence-electron chi connectivity index (χ0n) is 18.6. The first-order valence-corrected chi connectivity index (χ1v) is 11.0. The van der Waals surface area contributed by atoms with E-state index in [4.69, 9.17) is 9.47 Å². The number of carbonyl (C=O) groups excluding carboxylic acids is 1. The monoisotopic (exact) mass is 424 g/mol. The molecule has 0 unspecified atom stereocenters. The molecule has 2 aliphatic rings. The number of ether oxygens (including phenoxy) is 2. The smallest absolute Gasteiger partial charge is 0.230 e. The molecular formula is C24H32N4O3. The largest absolute Gasteiger partial charge is 0.383 e. The van der Waals surface area contributed by atoms with Crippen LogP contribution >= 0.6 is 0 Å². The number of likely N-dealkylation sites (N-methyl/N-ethyl adjacent to an activating group) is 1. The number of methoxy groups -OCH3 is 2. The van der Waals surface area contributed by atoms with E-state index >= 15 is 0 Å². The number of rotatable bonds is 6. The Kier molecular flexibility index (Phi) is 6.73. The van der Waals surface area contributed by atoms with Gasteiger partial charge in [0, 0.05) is 51.2 Å². The Labute approximate surface area is 184 Å². The van der Waals surface area contributed by atoms with E-state index in [0.717, 1.165) is 60.7 Å². The van der Waals surface area contributed by atoms with Crippen molar-refractivity contribution in [1.29, 1.82) is 0 Å². The van der Waals surface area contributed by atoms with Gasteiger partial charge in [0.05, 0.1) is 30.6 Å². The fraction of sp³-hybridized carbons (Fsp3) is 0.500. The molecule has 2 aromatic rings. The van der Waals surface area contributed by atoms with E-state index in [1.54, 1.807) is 20.4 Å². The zero-order chi connectivity index (χ0) is 21.8. The number of hydrogen-bond donors (Lipinski definition) is 1. The third-order valence-corrected chi connectivity index (χ3v) is 6.44. The first-order chi connectivity index (χ1) is 15.1. The number of fused-ring (bicyclic) bond motifs is 2. The highest BCUT2D eigenvalue weighted by Crippen LogP contribution is 2.39. The highest BCUT2D eigenvalue weighted by molar-refractivity contribution is 6.00. The van der Waals surface area contributed by atoms with E-state index in [1.807, 2.05) is 30.1 Å². The fourth-order valence-electron chi connectivity index (χ4n) is 4.47. The minimum absolute atomic E-state index is 0.0207. The molecule has 0 saturated heterocycles. The number of pyridine rings is 1. The molecular weight excluding hydrogens is 392 g/mol. The van der Waals surface area contributed by atoms with Crippen molar-refractivity contribution in [3.05, 3.63) is 42.1 Å². The lowest BCUT2D eigenvalue weighted by Crippen LogP contribution is -2.38. The molecule has 2 heterocycles. The van der Waals surface area contributed by atoms with E-state index in [9.17, 15) is 4.79 Å². The van der Waals surface area contributed by atoms with Crippen molar-refractivity contribution in [2.24, 2.45) is 5.92 Å². The van der Waals surface area contributed by atoms with Crippen LogP contribution in [0.5, 0.6) is 0 Å².